The van der Waals surface area contributed by atoms with Gasteiger partial charge in [0.1, 0.15) is 11.5 Å². The van der Waals surface area contributed by atoms with Crippen molar-refractivity contribution in [2.24, 2.45) is 0 Å². The number of hydrogen-bond acceptors (Lipinski definition) is 3. The lowest BCUT2D eigenvalue weighted by molar-refractivity contribution is 0.205. The highest BCUT2D eigenvalue weighted by Gasteiger charge is 2.27. The summed E-state index contributed by atoms with van der Waals surface area (Å²) in [5.74, 6) is 0.338. The lowest BCUT2D eigenvalue weighted by Gasteiger charge is -2.26. The quantitative estimate of drug-likeness (QED) is 0.708. The van der Waals surface area contributed by atoms with Gasteiger partial charge in [0.05, 0.1) is 6.54 Å². The van der Waals surface area contributed by atoms with E-state index < -0.39 is 0 Å². The van der Waals surface area contributed by atoms with Crippen LogP contribution in [0.5, 0.6) is 0 Å². The highest BCUT2D eigenvalue weighted by Crippen LogP contribution is 2.30. The standard InChI is InChI=1S/C19H15ClFN3O2/c20-13-3-7-15(8-4-13)22-19(25)24-10-9-16-17(11-24)23-26-18(16)12-1-5-14(21)6-2-12/h1-8H,9-11H2,(H,22,25). The van der Waals surface area contributed by atoms with E-state index in [1.165, 1.54) is 12.1 Å². The second-order valence-corrected chi connectivity index (χ2v) is 6.49. The number of benzene rings is 2. The molecule has 1 aliphatic heterocycles. The predicted octanol–water partition coefficient (Wildman–Crippen LogP) is 4.72. The Labute approximate surface area is 154 Å². The zero-order valence-electron chi connectivity index (χ0n) is 13.7. The van der Waals surface area contributed by atoms with Crippen molar-refractivity contribution < 1.29 is 13.7 Å². The van der Waals surface area contributed by atoms with Gasteiger partial charge in [0.25, 0.3) is 0 Å². The van der Waals surface area contributed by atoms with Gasteiger partial charge in [-0.15, -0.1) is 0 Å². The summed E-state index contributed by atoms with van der Waals surface area (Å²) in [6, 6.07) is 12.8. The van der Waals surface area contributed by atoms with Crippen LogP contribution in [0, 0.1) is 5.82 Å². The van der Waals surface area contributed by atoms with E-state index in [4.69, 9.17) is 16.1 Å². The maximum atomic E-state index is 13.1. The molecule has 1 N–H and O–H groups in total. The summed E-state index contributed by atoms with van der Waals surface area (Å²) in [6.07, 6.45) is 0.625. The lowest BCUT2D eigenvalue weighted by Crippen LogP contribution is -2.38. The minimum atomic E-state index is -0.299. The second-order valence-electron chi connectivity index (χ2n) is 6.05. The molecule has 0 fully saturated rings. The number of anilines is 1. The molecule has 5 nitrogen and oxygen atoms in total. The molecule has 4 rings (SSSR count). The normalized spacial score (nSPS) is 13.4. The van der Waals surface area contributed by atoms with Crippen LogP contribution < -0.4 is 5.32 Å². The molecule has 0 saturated carbocycles. The van der Waals surface area contributed by atoms with Crippen LogP contribution in [0.3, 0.4) is 0 Å². The molecule has 0 atom stereocenters. The van der Waals surface area contributed by atoms with Crippen LogP contribution in [0.15, 0.2) is 53.1 Å². The molecule has 26 heavy (non-hydrogen) atoms. The van der Waals surface area contributed by atoms with Crippen LogP contribution in [0.2, 0.25) is 5.02 Å². The maximum Gasteiger partial charge on any atom is 0.322 e. The number of fused-ring (bicyclic) bond motifs is 1. The van der Waals surface area contributed by atoms with Gasteiger partial charge in [-0.1, -0.05) is 16.8 Å². The Kier molecular flexibility index (Phi) is 4.34. The van der Waals surface area contributed by atoms with E-state index >= 15 is 0 Å². The minimum absolute atomic E-state index is 0.204. The molecule has 0 aliphatic carbocycles. The number of halogens is 2. The molecule has 3 aromatic rings. The first kappa shape index (κ1) is 16.6. The Morgan fingerprint density at radius 2 is 1.88 bits per heavy atom. The van der Waals surface area contributed by atoms with E-state index in [-0.39, 0.29) is 11.8 Å². The molecule has 7 heteroatoms. The fraction of sp³-hybridized carbons (Fsp3) is 0.158. The smallest absolute Gasteiger partial charge is 0.322 e. The largest absolute Gasteiger partial charge is 0.356 e. The van der Waals surface area contributed by atoms with Gasteiger partial charge in [-0.2, -0.15) is 0 Å². The molecular formula is C19H15ClFN3O2. The van der Waals surface area contributed by atoms with Gasteiger partial charge in [0, 0.05) is 28.4 Å². The summed E-state index contributed by atoms with van der Waals surface area (Å²) in [4.78, 5) is 14.1. The lowest BCUT2D eigenvalue weighted by atomic mass is 10.0. The van der Waals surface area contributed by atoms with E-state index in [0.29, 0.717) is 36.0 Å². The first-order valence-electron chi connectivity index (χ1n) is 8.15. The van der Waals surface area contributed by atoms with Gasteiger partial charge >= 0.3 is 6.03 Å². The number of amides is 2. The molecule has 1 aromatic heterocycles. The minimum Gasteiger partial charge on any atom is -0.356 e. The molecule has 2 aromatic carbocycles. The van der Waals surface area contributed by atoms with Gasteiger partial charge in [0.2, 0.25) is 0 Å². The van der Waals surface area contributed by atoms with E-state index in [2.05, 4.69) is 10.5 Å². The molecule has 0 spiro atoms. The van der Waals surface area contributed by atoms with Crippen molar-refractivity contribution in [1.29, 1.82) is 0 Å². The molecule has 0 bridgehead atoms. The number of nitrogens with zero attached hydrogens (tertiary/aromatic N) is 2. The third kappa shape index (κ3) is 3.28. The van der Waals surface area contributed by atoms with Gasteiger partial charge in [0.15, 0.2) is 5.76 Å². The number of aromatic nitrogens is 1. The van der Waals surface area contributed by atoms with E-state index in [1.807, 2.05) is 0 Å². The fourth-order valence-corrected chi connectivity index (χ4v) is 3.09. The summed E-state index contributed by atoms with van der Waals surface area (Å²) in [5, 5.41) is 7.55. The Morgan fingerprint density at radius 1 is 1.15 bits per heavy atom. The molecule has 132 valence electrons. The predicted molar refractivity (Wildman–Crippen MR) is 96.5 cm³/mol. The van der Waals surface area contributed by atoms with Crippen LogP contribution >= 0.6 is 11.6 Å². The number of carbonyl (C=O) groups excluding carboxylic acids is 1. The maximum absolute atomic E-state index is 13.1. The van der Waals surface area contributed by atoms with Gasteiger partial charge in [-0.3, -0.25) is 0 Å². The Bertz CT molecular complexity index is 938. The number of carbonyl (C=O) groups is 1. The van der Waals surface area contributed by atoms with Gasteiger partial charge in [-0.25, -0.2) is 9.18 Å². The average Bonchev–Trinajstić information content (AvgIpc) is 3.07. The SMILES string of the molecule is O=C(Nc1ccc(Cl)cc1)N1CCc2c(noc2-c2ccc(F)cc2)C1. The zero-order chi connectivity index (χ0) is 18.1. The Hall–Kier alpha value is -2.86. The van der Waals surface area contributed by atoms with Crippen molar-refractivity contribution >= 4 is 23.3 Å². The molecule has 0 unspecified atom stereocenters. The van der Waals surface area contributed by atoms with Crippen molar-refractivity contribution in [3.63, 3.8) is 0 Å². The number of rotatable bonds is 2. The van der Waals surface area contributed by atoms with Crippen molar-refractivity contribution in [2.75, 3.05) is 11.9 Å². The number of nitrogens with one attached hydrogen (secondary N) is 1. The molecule has 0 radical (unpaired) electrons. The van der Waals surface area contributed by atoms with Gasteiger partial charge in [-0.05, 0) is 55.0 Å². The topological polar surface area (TPSA) is 58.4 Å². The molecule has 1 aliphatic rings. The third-order valence-corrected chi connectivity index (χ3v) is 4.58. The van der Waals surface area contributed by atoms with Crippen LogP contribution in [-0.4, -0.2) is 22.6 Å². The van der Waals surface area contributed by atoms with Gasteiger partial charge < -0.3 is 14.7 Å². The van der Waals surface area contributed by atoms with Crippen LogP contribution in [0.1, 0.15) is 11.3 Å². The van der Waals surface area contributed by atoms with Crippen LogP contribution in [0.4, 0.5) is 14.9 Å². The van der Waals surface area contributed by atoms with Crippen LogP contribution in [-0.2, 0) is 13.0 Å². The van der Waals surface area contributed by atoms with Crippen molar-refractivity contribution in [1.82, 2.24) is 10.1 Å². The van der Waals surface area contributed by atoms with Crippen molar-refractivity contribution in [3.8, 4) is 11.3 Å². The van der Waals surface area contributed by atoms with E-state index in [0.717, 1.165) is 16.8 Å². The molecule has 0 saturated heterocycles. The van der Waals surface area contributed by atoms with E-state index in [9.17, 15) is 9.18 Å². The van der Waals surface area contributed by atoms with Crippen LogP contribution in [0.25, 0.3) is 11.3 Å². The molecular weight excluding hydrogens is 357 g/mol. The zero-order valence-corrected chi connectivity index (χ0v) is 14.5. The summed E-state index contributed by atoms with van der Waals surface area (Å²) >= 11 is 5.85. The third-order valence-electron chi connectivity index (χ3n) is 4.33. The monoisotopic (exact) mass is 371 g/mol. The first-order chi connectivity index (χ1) is 12.6. The average molecular weight is 372 g/mol. The van der Waals surface area contributed by atoms with E-state index in [1.54, 1.807) is 41.3 Å². The molecule has 2 heterocycles. The first-order valence-corrected chi connectivity index (χ1v) is 8.53. The number of urea groups is 1. The van der Waals surface area contributed by atoms with Crippen molar-refractivity contribution in [2.45, 2.75) is 13.0 Å². The second kappa shape index (κ2) is 6.80. The summed E-state index contributed by atoms with van der Waals surface area (Å²) in [7, 11) is 0. The summed E-state index contributed by atoms with van der Waals surface area (Å²) in [6.45, 7) is 0.904. The Morgan fingerprint density at radius 3 is 2.62 bits per heavy atom. The number of hydrogen-bond donors (Lipinski definition) is 1. The Balaban J connectivity index is 1.49. The molecule has 2 amide bonds. The van der Waals surface area contributed by atoms with Crippen molar-refractivity contribution in [3.05, 3.63) is 70.6 Å². The fourth-order valence-electron chi connectivity index (χ4n) is 2.97. The highest BCUT2D eigenvalue weighted by molar-refractivity contribution is 6.30. The summed E-state index contributed by atoms with van der Waals surface area (Å²) < 4.78 is 18.6. The summed E-state index contributed by atoms with van der Waals surface area (Å²) in [5.41, 5.74) is 3.14. The highest BCUT2D eigenvalue weighted by atomic mass is 35.5.